The molecule has 124 valence electrons. The van der Waals surface area contributed by atoms with Gasteiger partial charge in [-0.2, -0.15) is 0 Å². The summed E-state index contributed by atoms with van der Waals surface area (Å²) in [6, 6.07) is 6.22. The average Bonchev–Trinajstić information content (AvgIpc) is 2.44. The number of ether oxygens (including phenoxy) is 1. The Balaban J connectivity index is 1.96. The van der Waals surface area contributed by atoms with Gasteiger partial charge in [-0.3, -0.25) is 0 Å². The fourth-order valence-corrected chi connectivity index (χ4v) is 3.97. The summed E-state index contributed by atoms with van der Waals surface area (Å²) in [7, 11) is -6.97. The van der Waals surface area contributed by atoms with Crippen molar-refractivity contribution in [3.8, 4) is 5.75 Å². The Labute approximate surface area is 131 Å². The number of para-hydroxylation sites is 1. The minimum atomic E-state index is -3.83. The molecule has 0 unspecified atom stereocenters. The van der Waals surface area contributed by atoms with Gasteiger partial charge < -0.3 is 4.74 Å². The van der Waals surface area contributed by atoms with Crippen LogP contribution in [0.2, 0.25) is 0 Å². The Morgan fingerprint density at radius 1 is 1.18 bits per heavy atom. The third-order valence-corrected chi connectivity index (χ3v) is 5.93. The summed E-state index contributed by atoms with van der Waals surface area (Å²) in [6.07, 6.45) is 2.57. The number of nitrogens with two attached hydrogens (primary N) is 1. The molecule has 0 bridgehead atoms. The van der Waals surface area contributed by atoms with E-state index in [1.54, 1.807) is 18.2 Å². The molecule has 9 heteroatoms. The second-order valence-corrected chi connectivity index (χ2v) is 8.92. The second kappa shape index (κ2) is 6.53. The third-order valence-electron chi connectivity index (χ3n) is 3.67. The Kier molecular flexibility index (Phi) is 5.10. The number of rotatable bonds is 5. The van der Waals surface area contributed by atoms with Gasteiger partial charge in [0.2, 0.25) is 20.0 Å². The van der Waals surface area contributed by atoms with Crippen molar-refractivity contribution in [3.63, 3.8) is 0 Å². The largest absolute Gasteiger partial charge is 0.492 e. The van der Waals surface area contributed by atoms with Crippen molar-refractivity contribution in [2.24, 2.45) is 11.1 Å². The minimum absolute atomic E-state index is 0.0384. The highest BCUT2D eigenvalue weighted by atomic mass is 32.2. The fraction of sp³-hybridized carbons (Fsp3) is 0.538. The first-order chi connectivity index (χ1) is 10.2. The summed E-state index contributed by atoms with van der Waals surface area (Å²) in [6.45, 7) is 1.26. The quantitative estimate of drug-likeness (QED) is 0.828. The summed E-state index contributed by atoms with van der Waals surface area (Å²) in [4.78, 5) is -0.0384. The van der Waals surface area contributed by atoms with E-state index in [-0.39, 0.29) is 16.6 Å². The first kappa shape index (κ1) is 17.2. The predicted octanol–water partition coefficient (Wildman–Crippen LogP) is 0.384. The first-order valence-electron chi connectivity index (χ1n) is 6.87. The molecule has 2 N–H and O–H groups in total. The van der Waals surface area contributed by atoms with Gasteiger partial charge >= 0.3 is 0 Å². The van der Waals surface area contributed by atoms with Crippen LogP contribution in [0.5, 0.6) is 5.75 Å². The predicted molar refractivity (Wildman–Crippen MR) is 82.5 cm³/mol. The molecule has 22 heavy (non-hydrogen) atoms. The van der Waals surface area contributed by atoms with Gasteiger partial charge in [-0.15, -0.1) is 0 Å². The van der Waals surface area contributed by atoms with E-state index in [1.165, 1.54) is 16.6 Å². The van der Waals surface area contributed by atoms with E-state index in [0.29, 0.717) is 32.5 Å². The summed E-state index contributed by atoms with van der Waals surface area (Å²) >= 11 is 0. The molecule has 1 aromatic carbocycles. The van der Waals surface area contributed by atoms with Crippen molar-refractivity contribution in [2.75, 3.05) is 26.0 Å². The fourth-order valence-electron chi connectivity index (χ4n) is 2.42. The Morgan fingerprint density at radius 2 is 1.77 bits per heavy atom. The van der Waals surface area contributed by atoms with Gasteiger partial charge in [0.25, 0.3) is 0 Å². The highest BCUT2D eigenvalue weighted by Gasteiger charge is 2.25. The van der Waals surface area contributed by atoms with Gasteiger partial charge in [-0.1, -0.05) is 12.1 Å². The van der Waals surface area contributed by atoms with E-state index in [2.05, 4.69) is 0 Å². The summed E-state index contributed by atoms with van der Waals surface area (Å²) in [5.41, 5.74) is 0. The Morgan fingerprint density at radius 3 is 2.32 bits per heavy atom. The first-order valence-corrected chi connectivity index (χ1v) is 10.3. The van der Waals surface area contributed by atoms with E-state index in [0.717, 1.165) is 0 Å². The molecule has 7 nitrogen and oxygen atoms in total. The average molecular weight is 348 g/mol. The lowest BCUT2D eigenvalue weighted by Gasteiger charge is -2.30. The number of primary sulfonamides is 1. The molecule has 1 aliphatic rings. The molecule has 0 aliphatic carbocycles. The minimum Gasteiger partial charge on any atom is -0.492 e. The summed E-state index contributed by atoms with van der Waals surface area (Å²) < 4.78 is 52.9. The molecule has 0 aromatic heterocycles. The second-order valence-electron chi connectivity index (χ2n) is 5.41. The van der Waals surface area contributed by atoms with E-state index in [9.17, 15) is 16.8 Å². The smallest absolute Gasteiger partial charge is 0.241 e. The zero-order valence-electron chi connectivity index (χ0n) is 12.3. The van der Waals surface area contributed by atoms with Gasteiger partial charge in [0.15, 0.2) is 0 Å². The van der Waals surface area contributed by atoms with Crippen LogP contribution in [0.25, 0.3) is 0 Å². The Bertz CT molecular complexity index is 723. The molecule has 0 saturated carbocycles. The zero-order chi connectivity index (χ0) is 16.4. The molecule has 0 spiro atoms. The highest BCUT2D eigenvalue weighted by Crippen LogP contribution is 2.25. The molecule has 0 amide bonds. The molecule has 1 fully saturated rings. The lowest BCUT2D eigenvalue weighted by atomic mass is 9.99. The number of hydrogen-bond donors (Lipinski definition) is 1. The molecule has 0 radical (unpaired) electrons. The normalized spacial score (nSPS) is 18.3. The van der Waals surface area contributed by atoms with Gasteiger partial charge in [0.05, 0.1) is 12.9 Å². The van der Waals surface area contributed by atoms with Crippen molar-refractivity contribution in [2.45, 2.75) is 17.7 Å². The van der Waals surface area contributed by atoms with Crippen LogP contribution in [0.3, 0.4) is 0 Å². The van der Waals surface area contributed by atoms with Gasteiger partial charge in [-0.05, 0) is 30.9 Å². The number of nitrogens with zero attached hydrogens (tertiary/aromatic N) is 1. The van der Waals surface area contributed by atoms with Crippen LogP contribution in [-0.2, 0) is 20.0 Å². The van der Waals surface area contributed by atoms with E-state index in [4.69, 9.17) is 9.88 Å². The lowest BCUT2D eigenvalue weighted by Crippen LogP contribution is -2.39. The lowest BCUT2D eigenvalue weighted by molar-refractivity contribution is 0.183. The summed E-state index contributed by atoms with van der Waals surface area (Å²) in [5.74, 6) is 0.419. The molecule has 1 saturated heterocycles. The van der Waals surface area contributed by atoms with Crippen molar-refractivity contribution in [3.05, 3.63) is 24.3 Å². The monoisotopic (exact) mass is 348 g/mol. The maximum atomic E-state index is 11.5. The van der Waals surface area contributed by atoms with Crippen LogP contribution >= 0.6 is 0 Å². The molecule has 1 aromatic rings. The molecular formula is C13H20N2O5S2. The van der Waals surface area contributed by atoms with Crippen LogP contribution in [0.4, 0.5) is 0 Å². The van der Waals surface area contributed by atoms with Crippen molar-refractivity contribution in [1.82, 2.24) is 4.31 Å². The molecule has 2 rings (SSSR count). The topological polar surface area (TPSA) is 107 Å². The summed E-state index contributed by atoms with van der Waals surface area (Å²) in [5, 5.41) is 5.15. The zero-order valence-corrected chi connectivity index (χ0v) is 13.9. The van der Waals surface area contributed by atoms with E-state index in [1.807, 2.05) is 0 Å². The van der Waals surface area contributed by atoms with E-state index >= 15 is 0 Å². The van der Waals surface area contributed by atoms with Gasteiger partial charge in [0, 0.05) is 13.1 Å². The van der Waals surface area contributed by atoms with Crippen molar-refractivity contribution >= 4 is 20.0 Å². The highest BCUT2D eigenvalue weighted by molar-refractivity contribution is 7.89. The molecule has 0 atom stereocenters. The Hall–Kier alpha value is -1.16. The van der Waals surface area contributed by atoms with Crippen LogP contribution in [-0.4, -0.2) is 47.1 Å². The van der Waals surface area contributed by atoms with Crippen molar-refractivity contribution < 1.29 is 21.6 Å². The SMILES string of the molecule is CS(=O)(=O)N1CCC(COc2ccccc2S(N)(=O)=O)CC1. The van der Waals surface area contributed by atoms with Crippen LogP contribution in [0.15, 0.2) is 29.2 Å². The number of benzene rings is 1. The maximum Gasteiger partial charge on any atom is 0.241 e. The molecule has 1 aliphatic heterocycles. The molecular weight excluding hydrogens is 328 g/mol. The van der Waals surface area contributed by atoms with Gasteiger partial charge in [0.1, 0.15) is 10.6 Å². The number of hydrogen-bond acceptors (Lipinski definition) is 5. The van der Waals surface area contributed by atoms with Crippen LogP contribution < -0.4 is 9.88 Å². The molecule has 1 heterocycles. The maximum absolute atomic E-state index is 11.5. The standard InChI is InChI=1S/C13H20N2O5S2/c1-21(16,17)15-8-6-11(7-9-15)10-20-12-4-2-3-5-13(12)22(14,18)19/h2-5,11H,6-10H2,1H3,(H2,14,18,19). The van der Waals surface area contributed by atoms with Crippen molar-refractivity contribution in [1.29, 1.82) is 0 Å². The number of piperidine rings is 1. The van der Waals surface area contributed by atoms with Crippen LogP contribution in [0, 0.1) is 5.92 Å². The third kappa shape index (κ3) is 4.42. The van der Waals surface area contributed by atoms with E-state index < -0.39 is 20.0 Å². The van der Waals surface area contributed by atoms with Crippen LogP contribution in [0.1, 0.15) is 12.8 Å². The van der Waals surface area contributed by atoms with Gasteiger partial charge in [-0.25, -0.2) is 26.3 Å². The number of sulfonamides is 2.